The maximum Gasteiger partial charge on any atom is 0.235 e. The Morgan fingerprint density at radius 1 is 1.05 bits per heavy atom. The molecule has 0 N–H and O–H groups in total. The second kappa shape index (κ2) is 6.23. The molecule has 0 amide bonds. The molecule has 0 unspecified atom stereocenters. The summed E-state index contributed by atoms with van der Waals surface area (Å²) < 4.78 is 37.8. The van der Waals surface area contributed by atoms with Crippen molar-refractivity contribution in [3.8, 4) is 0 Å². The molecule has 112 valence electrons. The fourth-order valence-electron chi connectivity index (χ4n) is 2.32. The van der Waals surface area contributed by atoms with Gasteiger partial charge < -0.3 is 0 Å². The van der Waals surface area contributed by atoms with E-state index >= 15 is 0 Å². The summed E-state index contributed by atoms with van der Waals surface area (Å²) in [6.07, 6.45) is 0. The molecular formula is C14H14ClNO4S. The van der Waals surface area contributed by atoms with Crippen LogP contribution in [0.25, 0.3) is 21.0 Å². The van der Waals surface area contributed by atoms with Gasteiger partial charge in [-0.05, 0) is 18.4 Å². The third-order valence-corrected chi connectivity index (χ3v) is 4.24. The van der Waals surface area contributed by atoms with E-state index < -0.39 is 10.2 Å². The number of hydrogen-bond acceptors (Lipinski definition) is 5. The Labute approximate surface area is 128 Å². The second-order valence-electron chi connectivity index (χ2n) is 4.38. The molecule has 3 aromatic rings. The van der Waals surface area contributed by atoms with Crippen LogP contribution in [0.5, 0.6) is 0 Å². The van der Waals surface area contributed by atoms with E-state index in [1.165, 1.54) is 26.0 Å². The minimum absolute atomic E-state index is 1.05. The van der Waals surface area contributed by atoms with Crippen molar-refractivity contribution < 1.29 is 33.4 Å². The SMILES string of the molecule is CC[n+]1c(C)sc2c3ccccc3ccc21.[O-][Cl+3]([O-])([O-])[O-]. The molecule has 0 aliphatic carbocycles. The number of thiazole rings is 1. The van der Waals surface area contributed by atoms with E-state index in [1.807, 2.05) is 11.3 Å². The van der Waals surface area contributed by atoms with E-state index in [0.717, 1.165) is 6.54 Å². The zero-order chi connectivity index (χ0) is 15.6. The van der Waals surface area contributed by atoms with E-state index in [0.29, 0.717) is 0 Å². The molecule has 3 rings (SSSR count). The monoisotopic (exact) mass is 327 g/mol. The van der Waals surface area contributed by atoms with Gasteiger partial charge in [0.25, 0.3) is 0 Å². The molecule has 1 aromatic heterocycles. The maximum atomic E-state index is 8.49. The Balaban J connectivity index is 0.000000282. The molecule has 0 atom stereocenters. The smallest absolute Gasteiger partial charge is 0.222 e. The fourth-order valence-corrected chi connectivity index (χ4v) is 3.53. The predicted molar refractivity (Wildman–Crippen MR) is 69.9 cm³/mol. The van der Waals surface area contributed by atoms with Crippen molar-refractivity contribution in [2.75, 3.05) is 0 Å². The van der Waals surface area contributed by atoms with Crippen molar-refractivity contribution in [2.24, 2.45) is 0 Å². The Morgan fingerprint density at radius 2 is 1.67 bits per heavy atom. The van der Waals surface area contributed by atoms with Gasteiger partial charge in [-0.3, -0.25) is 0 Å². The molecule has 0 spiro atoms. The number of aromatic nitrogens is 1. The highest BCUT2D eigenvalue weighted by Gasteiger charge is 2.16. The van der Waals surface area contributed by atoms with Gasteiger partial charge in [0.15, 0.2) is 0 Å². The molecule has 0 aliphatic rings. The minimum Gasteiger partial charge on any atom is -0.222 e. The number of aryl methyl sites for hydroxylation is 2. The number of benzene rings is 2. The number of halogens is 1. The first-order chi connectivity index (χ1) is 9.81. The Hall–Kier alpha value is -1.28. The zero-order valence-corrected chi connectivity index (χ0v) is 13.1. The summed E-state index contributed by atoms with van der Waals surface area (Å²) in [4.78, 5) is 0. The van der Waals surface area contributed by atoms with Crippen LogP contribution >= 0.6 is 11.3 Å². The average molecular weight is 328 g/mol. The van der Waals surface area contributed by atoms with Gasteiger partial charge in [0.2, 0.25) is 10.5 Å². The van der Waals surface area contributed by atoms with E-state index in [2.05, 4.69) is 54.8 Å². The molecule has 2 aromatic carbocycles. The number of rotatable bonds is 1. The van der Waals surface area contributed by atoms with Gasteiger partial charge >= 0.3 is 0 Å². The molecule has 5 nitrogen and oxygen atoms in total. The van der Waals surface area contributed by atoms with Crippen molar-refractivity contribution >= 4 is 32.3 Å². The zero-order valence-electron chi connectivity index (χ0n) is 11.5. The first kappa shape index (κ1) is 16.1. The van der Waals surface area contributed by atoms with E-state index in [9.17, 15) is 0 Å². The van der Waals surface area contributed by atoms with Crippen LogP contribution < -0.4 is 23.2 Å². The summed E-state index contributed by atoms with van der Waals surface area (Å²) >= 11 is 1.90. The first-order valence-electron chi connectivity index (χ1n) is 6.23. The quantitative estimate of drug-likeness (QED) is 0.531. The Bertz CT molecular complexity index is 761. The van der Waals surface area contributed by atoms with Gasteiger partial charge in [0.1, 0.15) is 11.2 Å². The number of hydrogen-bond donors (Lipinski definition) is 0. The van der Waals surface area contributed by atoms with Gasteiger partial charge in [0, 0.05) is 18.4 Å². The lowest BCUT2D eigenvalue weighted by Crippen LogP contribution is -2.68. The van der Waals surface area contributed by atoms with E-state index in [4.69, 9.17) is 18.6 Å². The molecule has 0 fully saturated rings. The maximum absolute atomic E-state index is 8.49. The lowest BCUT2D eigenvalue weighted by molar-refractivity contribution is -2.00. The number of fused-ring (bicyclic) bond motifs is 3. The average Bonchev–Trinajstić information content (AvgIpc) is 2.72. The van der Waals surface area contributed by atoms with Gasteiger partial charge in [-0.15, -0.1) is 10.2 Å². The van der Waals surface area contributed by atoms with E-state index in [-0.39, 0.29) is 0 Å². The standard InChI is InChI=1S/C14H14NS.ClHO4/c1-3-15-10(2)16-14-12-7-5-4-6-11(12)8-9-13(14)15;2-1(3,4)5/h4-9H,3H2,1-2H3;(H,2,3,4,5)/q+1;/p-1. The van der Waals surface area contributed by atoms with Gasteiger partial charge in [0.05, 0.1) is 0 Å². The largest absolute Gasteiger partial charge is 0.235 e. The topological polar surface area (TPSA) is 96.1 Å². The summed E-state index contributed by atoms with van der Waals surface area (Å²) in [5, 5.41) is 4.09. The summed E-state index contributed by atoms with van der Waals surface area (Å²) in [5.41, 5.74) is 1.36. The van der Waals surface area contributed by atoms with Gasteiger partial charge in [-0.2, -0.15) is 4.57 Å². The predicted octanol–water partition coefficient (Wildman–Crippen LogP) is -1.09. The van der Waals surface area contributed by atoms with Crippen molar-refractivity contribution in [3.63, 3.8) is 0 Å². The summed E-state index contributed by atoms with van der Waals surface area (Å²) in [7, 11) is -4.94. The van der Waals surface area contributed by atoms with Crippen LogP contribution in [0.2, 0.25) is 0 Å². The highest BCUT2D eigenvalue weighted by atomic mass is 35.7. The minimum atomic E-state index is -4.94. The van der Waals surface area contributed by atoms with Crippen molar-refractivity contribution in [3.05, 3.63) is 41.4 Å². The molecular weight excluding hydrogens is 314 g/mol. The second-order valence-corrected chi connectivity index (χ2v) is 6.34. The van der Waals surface area contributed by atoms with Crippen LogP contribution in [0.3, 0.4) is 0 Å². The normalized spacial score (nSPS) is 11.5. The third kappa shape index (κ3) is 3.88. The highest BCUT2D eigenvalue weighted by Crippen LogP contribution is 2.28. The summed E-state index contributed by atoms with van der Waals surface area (Å²) in [5.74, 6) is 0. The molecule has 0 bridgehead atoms. The van der Waals surface area contributed by atoms with Crippen LogP contribution in [-0.2, 0) is 6.54 Å². The molecule has 0 aliphatic heterocycles. The first-order valence-corrected chi connectivity index (χ1v) is 8.28. The molecule has 21 heavy (non-hydrogen) atoms. The van der Waals surface area contributed by atoms with Crippen molar-refractivity contribution in [1.29, 1.82) is 0 Å². The molecule has 7 heteroatoms. The van der Waals surface area contributed by atoms with Crippen molar-refractivity contribution in [1.82, 2.24) is 0 Å². The highest BCUT2D eigenvalue weighted by molar-refractivity contribution is 7.19. The van der Waals surface area contributed by atoms with Crippen LogP contribution in [0.15, 0.2) is 36.4 Å². The van der Waals surface area contributed by atoms with Crippen LogP contribution in [0, 0.1) is 17.2 Å². The molecule has 0 saturated carbocycles. The van der Waals surface area contributed by atoms with Crippen LogP contribution in [-0.4, -0.2) is 0 Å². The van der Waals surface area contributed by atoms with Gasteiger partial charge in [-0.1, -0.05) is 35.6 Å². The Morgan fingerprint density at radius 3 is 2.29 bits per heavy atom. The third-order valence-electron chi connectivity index (χ3n) is 3.10. The van der Waals surface area contributed by atoms with Gasteiger partial charge in [-0.25, -0.2) is 18.6 Å². The van der Waals surface area contributed by atoms with Crippen LogP contribution in [0.4, 0.5) is 0 Å². The van der Waals surface area contributed by atoms with E-state index in [1.54, 1.807) is 0 Å². The lowest BCUT2D eigenvalue weighted by atomic mass is 10.1. The lowest BCUT2D eigenvalue weighted by Gasteiger charge is -2.17. The molecule has 1 heterocycles. The van der Waals surface area contributed by atoms with Crippen molar-refractivity contribution in [2.45, 2.75) is 20.4 Å². The fraction of sp³-hybridized carbons (Fsp3) is 0.214. The number of nitrogens with zero attached hydrogens (tertiary/aromatic N) is 1. The molecule has 0 saturated heterocycles. The Kier molecular flexibility index (Phi) is 4.77. The summed E-state index contributed by atoms with van der Waals surface area (Å²) in [6.45, 7) is 5.45. The summed E-state index contributed by atoms with van der Waals surface area (Å²) in [6, 6.07) is 13.1. The van der Waals surface area contributed by atoms with Crippen LogP contribution in [0.1, 0.15) is 11.9 Å². The molecule has 0 radical (unpaired) electrons.